The van der Waals surface area contributed by atoms with Crippen molar-refractivity contribution in [3.63, 3.8) is 0 Å². The van der Waals surface area contributed by atoms with E-state index >= 15 is 0 Å². The third-order valence-electron chi connectivity index (χ3n) is 2.67. The van der Waals surface area contributed by atoms with Gasteiger partial charge < -0.3 is 5.73 Å². The van der Waals surface area contributed by atoms with Gasteiger partial charge >= 0.3 is 0 Å². The Morgan fingerprint density at radius 3 is 2.85 bits per heavy atom. The maximum atomic E-state index is 13.7. The van der Waals surface area contributed by atoms with Gasteiger partial charge in [0.05, 0.1) is 6.04 Å². The van der Waals surface area contributed by atoms with Gasteiger partial charge in [0.15, 0.2) is 0 Å². The van der Waals surface area contributed by atoms with Gasteiger partial charge in [-0.05, 0) is 24.6 Å². The van der Waals surface area contributed by atoms with Crippen molar-refractivity contribution >= 4 is 21.4 Å². The van der Waals surface area contributed by atoms with E-state index in [1.165, 1.54) is 23.5 Å². The largest absolute Gasteiger partial charge is 0.326 e. The predicted molar refractivity (Wildman–Crippen MR) is 75.1 cm³/mol. The minimum absolute atomic E-state index is 0.144. The summed E-state index contributed by atoms with van der Waals surface area (Å²) in [4.78, 5) is 3.63. The smallest absolute Gasteiger partial charge is 0.244 e. The Labute approximate surface area is 120 Å². The molecule has 8 heteroatoms. The highest BCUT2D eigenvalue weighted by Crippen LogP contribution is 2.21. The molecule has 0 aliphatic carbocycles. The van der Waals surface area contributed by atoms with Gasteiger partial charge in [0.25, 0.3) is 0 Å². The molecule has 20 heavy (non-hydrogen) atoms. The van der Waals surface area contributed by atoms with Crippen LogP contribution in [0.4, 0.5) is 4.39 Å². The molecule has 0 aliphatic heterocycles. The summed E-state index contributed by atoms with van der Waals surface area (Å²) in [5.74, 6) is -0.805. The van der Waals surface area contributed by atoms with Crippen LogP contribution in [0.15, 0.2) is 34.7 Å². The lowest BCUT2D eigenvalue weighted by Crippen LogP contribution is -2.27. The number of hydrogen-bond donors (Lipinski definition) is 2. The van der Waals surface area contributed by atoms with Crippen LogP contribution in [0.5, 0.6) is 0 Å². The predicted octanol–water partition coefficient (Wildman–Crippen LogP) is 1.78. The first-order chi connectivity index (χ1) is 9.44. The van der Waals surface area contributed by atoms with Crippen molar-refractivity contribution in [2.24, 2.45) is 5.73 Å². The van der Waals surface area contributed by atoms with Gasteiger partial charge in [-0.3, -0.25) is 0 Å². The summed E-state index contributed by atoms with van der Waals surface area (Å²) in [6, 6.07) is 3.27. The third kappa shape index (κ3) is 3.21. The van der Waals surface area contributed by atoms with Crippen LogP contribution in [-0.4, -0.2) is 13.4 Å². The molecule has 1 heterocycles. The van der Waals surface area contributed by atoms with Crippen molar-refractivity contribution in [1.29, 1.82) is 0 Å². The van der Waals surface area contributed by atoms with E-state index in [2.05, 4.69) is 9.71 Å². The first-order valence-corrected chi connectivity index (χ1v) is 8.20. The molecule has 1 atom stereocenters. The number of nitrogens with two attached hydrogens (primary N) is 1. The molecule has 0 saturated carbocycles. The molecular formula is C12H14FN3O2S2. The molecule has 2 aromatic rings. The molecule has 1 aromatic heterocycles. The number of sulfonamides is 1. The third-order valence-corrected chi connectivity index (χ3v) is 5.19. The molecule has 0 amide bonds. The van der Waals surface area contributed by atoms with Gasteiger partial charge in [-0.1, -0.05) is 6.07 Å². The molecular weight excluding hydrogens is 301 g/mol. The Kier molecular flexibility index (Phi) is 4.48. The summed E-state index contributed by atoms with van der Waals surface area (Å²) in [5, 5.41) is 2.36. The molecule has 3 N–H and O–H groups in total. The summed E-state index contributed by atoms with van der Waals surface area (Å²) in [6.07, 6.45) is 1.58. The fourth-order valence-corrected chi connectivity index (χ4v) is 3.73. The topological polar surface area (TPSA) is 85.1 Å². The number of benzene rings is 1. The zero-order chi connectivity index (χ0) is 14.8. The Bertz CT molecular complexity index is 687. The number of halogens is 1. The van der Waals surface area contributed by atoms with Crippen molar-refractivity contribution < 1.29 is 12.8 Å². The van der Waals surface area contributed by atoms with Crippen LogP contribution in [0.3, 0.4) is 0 Å². The second-order valence-electron chi connectivity index (χ2n) is 4.18. The number of hydrogen-bond acceptors (Lipinski definition) is 5. The van der Waals surface area contributed by atoms with E-state index < -0.39 is 26.8 Å². The molecule has 2 rings (SSSR count). The Balaban J connectivity index is 2.31. The van der Waals surface area contributed by atoms with Crippen molar-refractivity contribution in [3.05, 3.63) is 46.2 Å². The SMILES string of the molecule is CC(NS(=O)(=O)c1cc(CN)ccc1F)c1nccs1. The average Bonchev–Trinajstić information content (AvgIpc) is 2.92. The zero-order valence-electron chi connectivity index (χ0n) is 10.7. The lowest BCUT2D eigenvalue weighted by molar-refractivity contribution is 0.546. The summed E-state index contributed by atoms with van der Waals surface area (Å²) in [7, 11) is -3.96. The molecule has 108 valence electrons. The van der Waals surface area contributed by atoms with Crippen LogP contribution >= 0.6 is 11.3 Å². The highest BCUT2D eigenvalue weighted by molar-refractivity contribution is 7.89. The highest BCUT2D eigenvalue weighted by Gasteiger charge is 2.23. The fraction of sp³-hybridized carbons (Fsp3) is 0.250. The number of rotatable bonds is 5. The van der Waals surface area contributed by atoms with E-state index in [1.54, 1.807) is 18.5 Å². The average molecular weight is 315 g/mol. The quantitative estimate of drug-likeness (QED) is 0.881. The van der Waals surface area contributed by atoms with Gasteiger partial charge in [0.1, 0.15) is 15.7 Å². The molecule has 1 aromatic carbocycles. The summed E-state index contributed by atoms with van der Waals surface area (Å²) < 4.78 is 40.6. The van der Waals surface area contributed by atoms with Gasteiger partial charge in [0.2, 0.25) is 10.0 Å². The Morgan fingerprint density at radius 2 is 2.25 bits per heavy atom. The van der Waals surface area contributed by atoms with Crippen LogP contribution in [0.2, 0.25) is 0 Å². The van der Waals surface area contributed by atoms with Gasteiger partial charge in [-0.2, -0.15) is 0 Å². The lowest BCUT2D eigenvalue weighted by Gasteiger charge is -2.13. The van der Waals surface area contributed by atoms with Crippen molar-refractivity contribution in [3.8, 4) is 0 Å². The summed E-state index contributed by atoms with van der Waals surface area (Å²) in [6.45, 7) is 1.80. The van der Waals surface area contributed by atoms with E-state index in [0.29, 0.717) is 10.6 Å². The number of aromatic nitrogens is 1. The van der Waals surface area contributed by atoms with E-state index in [4.69, 9.17) is 5.73 Å². The van der Waals surface area contributed by atoms with Crippen molar-refractivity contribution in [2.75, 3.05) is 0 Å². The molecule has 1 unspecified atom stereocenters. The number of nitrogens with one attached hydrogen (secondary N) is 1. The molecule has 5 nitrogen and oxygen atoms in total. The fourth-order valence-electron chi connectivity index (χ4n) is 1.68. The monoisotopic (exact) mass is 315 g/mol. The first kappa shape index (κ1) is 15.0. The van der Waals surface area contributed by atoms with E-state index in [9.17, 15) is 12.8 Å². The van der Waals surface area contributed by atoms with Crippen LogP contribution < -0.4 is 10.5 Å². The van der Waals surface area contributed by atoms with Crippen LogP contribution in [0.25, 0.3) is 0 Å². The highest BCUT2D eigenvalue weighted by atomic mass is 32.2. The molecule has 0 saturated heterocycles. The van der Waals surface area contributed by atoms with Crippen LogP contribution in [0, 0.1) is 5.82 Å². The van der Waals surface area contributed by atoms with E-state index in [1.807, 2.05) is 0 Å². The standard InChI is InChI=1S/C12H14FN3O2S2/c1-8(12-15-4-5-19-12)16-20(17,18)11-6-9(7-14)2-3-10(11)13/h2-6,8,16H,7,14H2,1H3. The maximum absolute atomic E-state index is 13.7. The maximum Gasteiger partial charge on any atom is 0.244 e. The van der Waals surface area contributed by atoms with Gasteiger partial charge in [0, 0.05) is 18.1 Å². The van der Waals surface area contributed by atoms with Crippen LogP contribution in [0.1, 0.15) is 23.5 Å². The molecule has 0 aliphatic rings. The second-order valence-corrected chi connectivity index (χ2v) is 6.79. The van der Waals surface area contributed by atoms with Gasteiger partial charge in [-0.25, -0.2) is 22.5 Å². The molecule has 0 fully saturated rings. The molecule has 0 spiro atoms. The molecule has 0 bridgehead atoms. The zero-order valence-corrected chi connectivity index (χ0v) is 12.3. The van der Waals surface area contributed by atoms with E-state index in [-0.39, 0.29) is 6.54 Å². The van der Waals surface area contributed by atoms with Crippen molar-refractivity contribution in [2.45, 2.75) is 24.4 Å². The first-order valence-electron chi connectivity index (χ1n) is 5.84. The van der Waals surface area contributed by atoms with Crippen LogP contribution in [-0.2, 0) is 16.6 Å². The van der Waals surface area contributed by atoms with Crippen molar-refractivity contribution in [1.82, 2.24) is 9.71 Å². The number of nitrogens with zero attached hydrogens (tertiary/aromatic N) is 1. The minimum atomic E-state index is -3.96. The molecule has 0 radical (unpaired) electrons. The lowest BCUT2D eigenvalue weighted by atomic mass is 10.2. The van der Waals surface area contributed by atoms with E-state index in [0.717, 1.165) is 6.07 Å². The second kappa shape index (κ2) is 5.96. The Morgan fingerprint density at radius 1 is 1.50 bits per heavy atom. The number of thiazole rings is 1. The minimum Gasteiger partial charge on any atom is -0.326 e. The normalized spacial score (nSPS) is 13.3. The Hall–Kier alpha value is -1.35. The van der Waals surface area contributed by atoms with Gasteiger partial charge in [-0.15, -0.1) is 11.3 Å². The summed E-state index contributed by atoms with van der Waals surface area (Å²) in [5.41, 5.74) is 5.99. The summed E-state index contributed by atoms with van der Waals surface area (Å²) >= 11 is 1.33.